The summed E-state index contributed by atoms with van der Waals surface area (Å²) in [7, 11) is 0. The molecule has 0 spiro atoms. The van der Waals surface area contributed by atoms with Crippen LogP contribution in [0.5, 0.6) is 0 Å². The second-order valence-corrected chi connectivity index (χ2v) is 3.24. The fraction of sp³-hybridized carbons (Fsp3) is 0.182. The summed E-state index contributed by atoms with van der Waals surface area (Å²) >= 11 is 0. The molecule has 2 aromatic rings. The van der Waals surface area contributed by atoms with Crippen molar-refractivity contribution < 1.29 is 4.79 Å². The van der Waals surface area contributed by atoms with Crippen molar-refractivity contribution in [1.82, 2.24) is 4.98 Å². The molecule has 0 aliphatic heterocycles. The first-order valence-corrected chi connectivity index (χ1v) is 4.31. The molecule has 1 heterocycles. The Hall–Kier alpha value is -1.57. The van der Waals surface area contributed by atoms with Crippen molar-refractivity contribution in [3.05, 3.63) is 35.5 Å². The molecule has 1 aromatic carbocycles. The van der Waals surface area contributed by atoms with Crippen molar-refractivity contribution in [3.8, 4) is 0 Å². The van der Waals surface area contributed by atoms with Gasteiger partial charge in [0.25, 0.3) is 0 Å². The molecule has 0 amide bonds. The number of aromatic nitrogens is 1. The smallest absolute Gasteiger partial charge is 0.124 e. The van der Waals surface area contributed by atoms with Gasteiger partial charge in [0.1, 0.15) is 6.29 Å². The number of aromatic amines is 1. The van der Waals surface area contributed by atoms with Crippen LogP contribution >= 0.6 is 0 Å². The van der Waals surface area contributed by atoms with Gasteiger partial charge < -0.3 is 9.78 Å². The SMILES string of the molecule is Cc1cc(CC=O)c2[nH]ccc2c1. The van der Waals surface area contributed by atoms with Crippen LogP contribution in [0.1, 0.15) is 11.1 Å². The largest absolute Gasteiger partial charge is 0.361 e. The molecule has 0 saturated heterocycles. The Morgan fingerprint density at radius 3 is 3.08 bits per heavy atom. The topological polar surface area (TPSA) is 32.9 Å². The van der Waals surface area contributed by atoms with E-state index in [1.807, 2.05) is 25.3 Å². The van der Waals surface area contributed by atoms with Crippen LogP contribution in [0, 0.1) is 6.92 Å². The van der Waals surface area contributed by atoms with Gasteiger partial charge in [-0.15, -0.1) is 0 Å². The van der Waals surface area contributed by atoms with Crippen LogP contribution in [0.3, 0.4) is 0 Å². The molecular weight excluding hydrogens is 162 g/mol. The Morgan fingerprint density at radius 2 is 2.31 bits per heavy atom. The van der Waals surface area contributed by atoms with Crippen molar-refractivity contribution in [2.75, 3.05) is 0 Å². The Kier molecular flexibility index (Phi) is 1.89. The Balaban J connectivity index is 2.69. The van der Waals surface area contributed by atoms with Gasteiger partial charge in [-0.3, -0.25) is 0 Å². The van der Waals surface area contributed by atoms with E-state index < -0.39 is 0 Å². The van der Waals surface area contributed by atoms with Gasteiger partial charge in [0, 0.05) is 18.1 Å². The number of aldehydes is 1. The van der Waals surface area contributed by atoms with E-state index in [1.165, 1.54) is 10.9 Å². The number of benzene rings is 1. The molecule has 13 heavy (non-hydrogen) atoms. The third-order valence-corrected chi connectivity index (χ3v) is 2.19. The summed E-state index contributed by atoms with van der Waals surface area (Å²) in [5.41, 5.74) is 3.36. The highest BCUT2D eigenvalue weighted by Crippen LogP contribution is 2.19. The normalized spacial score (nSPS) is 10.5. The average Bonchev–Trinajstić information content (AvgIpc) is 2.52. The number of rotatable bonds is 2. The van der Waals surface area contributed by atoms with Crippen LogP contribution in [0.15, 0.2) is 24.4 Å². The summed E-state index contributed by atoms with van der Waals surface area (Å²) in [6, 6.07) is 6.18. The van der Waals surface area contributed by atoms with Crippen LogP contribution in [0.4, 0.5) is 0 Å². The summed E-state index contributed by atoms with van der Waals surface area (Å²) in [6.45, 7) is 2.04. The molecule has 1 aromatic heterocycles. The van der Waals surface area contributed by atoms with Gasteiger partial charge in [-0.05, 0) is 30.0 Å². The van der Waals surface area contributed by atoms with Gasteiger partial charge in [-0.2, -0.15) is 0 Å². The number of aryl methyl sites for hydroxylation is 1. The standard InChI is InChI=1S/C11H11NO/c1-8-6-9-2-4-12-11(9)10(7-8)3-5-13/h2,4-7,12H,3H2,1H3. The Morgan fingerprint density at radius 1 is 1.46 bits per heavy atom. The number of hydrogen-bond acceptors (Lipinski definition) is 1. The van der Waals surface area contributed by atoms with Crippen LogP contribution in [-0.2, 0) is 11.2 Å². The zero-order chi connectivity index (χ0) is 9.26. The predicted octanol–water partition coefficient (Wildman–Crippen LogP) is 2.22. The number of hydrogen-bond donors (Lipinski definition) is 1. The van der Waals surface area contributed by atoms with Gasteiger partial charge >= 0.3 is 0 Å². The van der Waals surface area contributed by atoms with E-state index >= 15 is 0 Å². The highest BCUT2D eigenvalue weighted by Gasteiger charge is 2.02. The second kappa shape index (κ2) is 3.05. The van der Waals surface area contributed by atoms with Crippen LogP contribution in [0.2, 0.25) is 0 Å². The zero-order valence-corrected chi connectivity index (χ0v) is 7.50. The maximum Gasteiger partial charge on any atom is 0.124 e. The van der Waals surface area contributed by atoms with E-state index in [0.29, 0.717) is 6.42 Å². The van der Waals surface area contributed by atoms with E-state index in [1.54, 1.807) is 0 Å². The molecule has 0 bridgehead atoms. The molecule has 66 valence electrons. The first-order valence-electron chi connectivity index (χ1n) is 4.31. The molecule has 2 nitrogen and oxygen atoms in total. The summed E-state index contributed by atoms with van der Waals surface area (Å²) in [4.78, 5) is 13.6. The van der Waals surface area contributed by atoms with E-state index in [9.17, 15) is 4.79 Å². The monoisotopic (exact) mass is 173 g/mol. The lowest BCUT2D eigenvalue weighted by atomic mass is 10.1. The zero-order valence-electron chi connectivity index (χ0n) is 7.50. The van der Waals surface area contributed by atoms with Crippen molar-refractivity contribution in [1.29, 1.82) is 0 Å². The van der Waals surface area contributed by atoms with Gasteiger partial charge in [0.05, 0.1) is 0 Å². The molecule has 0 saturated carbocycles. The fourth-order valence-electron chi connectivity index (χ4n) is 1.66. The number of fused-ring (bicyclic) bond motifs is 1. The van der Waals surface area contributed by atoms with Crippen LogP contribution in [0.25, 0.3) is 10.9 Å². The number of carbonyl (C=O) groups excluding carboxylic acids is 1. The highest BCUT2D eigenvalue weighted by molar-refractivity contribution is 5.85. The predicted molar refractivity (Wildman–Crippen MR) is 52.8 cm³/mol. The lowest BCUT2D eigenvalue weighted by molar-refractivity contribution is -0.107. The van der Waals surface area contributed by atoms with Crippen molar-refractivity contribution in [3.63, 3.8) is 0 Å². The molecule has 1 N–H and O–H groups in total. The van der Waals surface area contributed by atoms with E-state index in [2.05, 4.69) is 11.1 Å². The summed E-state index contributed by atoms with van der Waals surface area (Å²) in [6.07, 6.45) is 3.33. The first kappa shape index (κ1) is 8.05. The number of H-pyrrole nitrogens is 1. The first-order chi connectivity index (χ1) is 6.31. The highest BCUT2D eigenvalue weighted by atomic mass is 16.1. The number of carbonyl (C=O) groups is 1. The van der Waals surface area contributed by atoms with E-state index in [0.717, 1.165) is 17.4 Å². The lowest BCUT2D eigenvalue weighted by Crippen LogP contribution is -1.88. The molecule has 0 unspecified atom stereocenters. The Labute approximate surface area is 76.6 Å². The van der Waals surface area contributed by atoms with Crippen molar-refractivity contribution in [2.45, 2.75) is 13.3 Å². The maximum atomic E-state index is 10.4. The summed E-state index contributed by atoms with van der Waals surface area (Å²) < 4.78 is 0. The van der Waals surface area contributed by atoms with Crippen LogP contribution < -0.4 is 0 Å². The van der Waals surface area contributed by atoms with E-state index in [4.69, 9.17) is 0 Å². The van der Waals surface area contributed by atoms with Crippen LogP contribution in [-0.4, -0.2) is 11.3 Å². The van der Waals surface area contributed by atoms with Crippen molar-refractivity contribution >= 4 is 17.2 Å². The lowest BCUT2D eigenvalue weighted by Gasteiger charge is -2.00. The molecule has 0 fully saturated rings. The molecule has 0 atom stereocenters. The molecule has 2 heteroatoms. The van der Waals surface area contributed by atoms with Gasteiger partial charge in [-0.1, -0.05) is 11.6 Å². The summed E-state index contributed by atoms with van der Waals surface area (Å²) in [5, 5.41) is 1.18. The van der Waals surface area contributed by atoms with Gasteiger partial charge in [0.2, 0.25) is 0 Å². The number of nitrogens with one attached hydrogen (secondary N) is 1. The molecule has 0 radical (unpaired) electrons. The average molecular weight is 173 g/mol. The van der Waals surface area contributed by atoms with Gasteiger partial charge in [0.15, 0.2) is 0 Å². The minimum atomic E-state index is 0.485. The molecule has 0 aliphatic rings. The minimum absolute atomic E-state index is 0.485. The molecule has 2 rings (SSSR count). The molecular formula is C11H11NO. The third-order valence-electron chi connectivity index (χ3n) is 2.19. The van der Waals surface area contributed by atoms with E-state index in [-0.39, 0.29) is 0 Å². The van der Waals surface area contributed by atoms with Crippen molar-refractivity contribution in [2.24, 2.45) is 0 Å². The fourth-order valence-corrected chi connectivity index (χ4v) is 1.66. The molecule has 0 aliphatic carbocycles. The second-order valence-electron chi connectivity index (χ2n) is 3.24. The van der Waals surface area contributed by atoms with Gasteiger partial charge in [-0.25, -0.2) is 0 Å². The third kappa shape index (κ3) is 1.35. The summed E-state index contributed by atoms with van der Waals surface area (Å²) in [5.74, 6) is 0. The quantitative estimate of drug-likeness (QED) is 0.694. The Bertz CT molecular complexity index is 442. The minimum Gasteiger partial charge on any atom is -0.361 e. The maximum absolute atomic E-state index is 10.4.